The van der Waals surface area contributed by atoms with Gasteiger partial charge >= 0.3 is 5.97 Å². The van der Waals surface area contributed by atoms with E-state index in [2.05, 4.69) is 5.32 Å². The zero-order valence-corrected chi connectivity index (χ0v) is 9.77. The maximum atomic E-state index is 12.2. The lowest BCUT2D eigenvalue weighted by Crippen LogP contribution is -2.17. The third kappa shape index (κ3) is 3.04. The molecule has 1 aliphatic rings. The van der Waals surface area contributed by atoms with Gasteiger partial charge in [-0.3, -0.25) is 4.79 Å². The highest BCUT2D eigenvalue weighted by Gasteiger charge is 2.29. The Hall–Kier alpha value is -1.49. The number of carboxylic acids is 1. The van der Waals surface area contributed by atoms with Crippen LogP contribution in [0.15, 0.2) is 24.3 Å². The van der Waals surface area contributed by atoms with Crippen LogP contribution in [0.4, 0.5) is 8.78 Å². The lowest BCUT2D eigenvalue weighted by Gasteiger charge is -2.11. The average Bonchev–Trinajstić information content (AvgIpc) is 2.78. The predicted octanol–water partition coefficient (Wildman–Crippen LogP) is 2.23. The van der Waals surface area contributed by atoms with Gasteiger partial charge in [-0.05, 0) is 17.5 Å². The molecule has 3 nitrogen and oxygen atoms in total. The van der Waals surface area contributed by atoms with Gasteiger partial charge in [0.15, 0.2) is 0 Å². The molecule has 5 heteroatoms. The van der Waals surface area contributed by atoms with Crippen LogP contribution in [0.5, 0.6) is 0 Å². The van der Waals surface area contributed by atoms with Crippen molar-refractivity contribution in [3.63, 3.8) is 0 Å². The molecule has 0 amide bonds. The van der Waals surface area contributed by atoms with Crippen molar-refractivity contribution in [2.75, 3.05) is 6.54 Å². The van der Waals surface area contributed by atoms with Crippen molar-refractivity contribution in [2.24, 2.45) is 5.92 Å². The first-order chi connectivity index (χ1) is 8.56. The van der Waals surface area contributed by atoms with Gasteiger partial charge in [0.05, 0.1) is 5.92 Å². The summed E-state index contributed by atoms with van der Waals surface area (Å²) in [5.41, 5.74) is 1.55. The number of halogens is 2. The highest BCUT2D eigenvalue weighted by atomic mass is 19.3. The number of nitrogens with one attached hydrogen (secondary N) is 1. The Morgan fingerprint density at radius 1 is 1.39 bits per heavy atom. The van der Waals surface area contributed by atoms with Crippen LogP contribution in [0.25, 0.3) is 0 Å². The van der Waals surface area contributed by atoms with E-state index in [0.29, 0.717) is 18.5 Å². The van der Waals surface area contributed by atoms with Crippen LogP contribution < -0.4 is 5.32 Å². The van der Waals surface area contributed by atoms with Gasteiger partial charge in [-0.25, -0.2) is 8.78 Å². The Bertz CT molecular complexity index is 420. The lowest BCUT2D eigenvalue weighted by atomic mass is 9.99. The number of hydrogen-bond acceptors (Lipinski definition) is 2. The molecule has 1 aromatic rings. The quantitative estimate of drug-likeness (QED) is 0.867. The summed E-state index contributed by atoms with van der Waals surface area (Å²) in [6.07, 6.45) is -2.03. The smallest absolute Gasteiger partial charge is 0.307 e. The number of benzene rings is 1. The molecule has 2 atom stereocenters. The van der Waals surface area contributed by atoms with Gasteiger partial charge in [0.1, 0.15) is 0 Å². The number of carboxylic acid groups (broad SMARTS) is 1. The number of hydrogen-bond donors (Lipinski definition) is 2. The molecule has 2 N–H and O–H groups in total. The SMILES string of the molecule is O=C(O)C1CNC(c2ccc(CC(F)F)cc2)C1. The first-order valence-electron chi connectivity index (χ1n) is 5.89. The molecule has 0 saturated carbocycles. The minimum absolute atomic E-state index is 0.00620. The van der Waals surface area contributed by atoms with E-state index in [1.807, 2.05) is 0 Å². The molecule has 1 aromatic carbocycles. The van der Waals surface area contributed by atoms with Crippen molar-refractivity contribution in [3.05, 3.63) is 35.4 Å². The van der Waals surface area contributed by atoms with E-state index in [-0.39, 0.29) is 18.4 Å². The molecule has 18 heavy (non-hydrogen) atoms. The Morgan fingerprint density at radius 2 is 2.06 bits per heavy atom. The Labute approximate surface area is 104 Å². The third-order valence-electron chi connectivity index (χ3n) is 3.25. The molecule has 0 aliphatic carbocycles. The van der Waals surface area contributed by atoms with Crippen LogP contribution in [0.1, 0.15) is 23.6 Å². The average molecular weight is 255 g/mol. The summed E-state index contributed by atoms with van der Waals surface area (Å²) >= 11 is 0. The zero-order valence-electron chi connectivity index (χ0n) is 9.77. The number of rotatable bonds is 4. The lowest BCUT2D eigenvalue weighted by molar-refractivity contribution is -0.141. The van der Waals surface area contributed by atoms with Crippen LogP contribution in [0.2, 0.25) is 0 Å². The highest BCUT2D eigenvalue weighted by molar-refractivity contribution is 5.70. The molecule has 1 aliphatic heterocycles. The van der Waals surface area contributed by atoms with E-state index < -0.39 is 12.4 Å². The molecule has 0 aromatic heterocycles. The molecular formula is C13H15F2NO2. The maximum Gasteiger partial charge on any atom is 0.307 e. The Morgan fingerprint density at radius 3 is 2.56 bits per heavy atom. The van der Waals surface area contributed by atoms with Crippen LogP contribution in [-0.2, 0) is 11.2 Å². The second kappa shape index (κ2) is 5.44. The van der Waals surface area contributed by atoms with E-state index >= 15 is 0 Å². The van der Waals surface area contributed by atoms with Gasteiger partial charge in [0.2, 0.25) is 6.43 Å². The Balaban J connectivity index is 2.00. The topological polar surface area (TPSA) is 49.3 Å². The Kier molecular flexibility index (Phi) is 3.91. The molecule has 0 spiro atoms. The summed E-state index contributed by atoms with van der Waals surface area (Å²) in [4.78, 5) is 10.8. The zero-order chi connectivity index (χ0) is 13.1. The van der Waals surface area contributed by atoms with Gasteiger partial charge in [-0.2, -0.15) is 0 Å². The summed E-state index contributed by atoms with van der Waals surface area (Å²) in [6.45, 7) is 0.457. The minimum atomic E-state index is -2.34. The second-order valence-electron chi connectivity index (χ2n) is 4.57. The first-order valence-corrected chi connectivity index (χ1v) is 5.89. The monoisotopic (exact) mass is 255 g/mol. The van der Waals surface area contributed by atoms with Crippen LogP contribution in [0, 0.1) is 5.92 Å². The van der Waals surface area contributed by atoms with Gasteiger partial charge in [0, 0.05) is 19.0 Å². The minimum Gasteiger partial charge on any atom is -0.481 e. The van der Waals surface area contributed by atoms with Crippen molar-refractivity contribution < 1.29 is 18.7 Å². The molecule has 0 radical (unpaired) electrons. The van der Waals surface area contributed by atoms with E-state index in [1.54, 1.807) is 24.3 Å². The molecule has 1 saturated heterocycles. The molecule has 2 unspecified atom stereocenters. The van der Waals surface area contributed by atoms with Crippen LogP contribution in [0.3, 0.4) is 0 Å². The summed E-state index contributed by atoms with van der Waals surface area (Å²) in [7, 11) is 0. The fraction of sp³-hybridized carbons (Fsp3) is 0.462. The predicted molar refractivity (Wildman–Crippen MR) is 62.6 cm³/mol. The van der Waals surface area contributed by atoms with Crippen molar-refractivity contribution in [2.45, 2.75) is 25.3 Å². The largest absolute Gasteiger partial charge is 0.481 e. The standard InChI is InChI=1S/C13H15F2NO2/c14-12(15)5-8-1-3-9(4-2-8)11-6-10(7-16-11)13(17)18/h1-4,10-12,16H,5-7H2,(H,17,18). The van der Waals surface area contributed by atoms with Gasteiger partial charge in [-0.1, -0.05) is 24.3 Å². The van der Waals surface area contributed by atoms with Crippen LogP contribution >= 0.6 is 0 Å². The molecular weight excluding hydrogens is 240 g/mol. The number of alkyl halides is 2. The van der Waals surface area contributed by atoms with Crippen LogP contribution in [-0.4, -0.2) is 24.0 Å². The van der Waals surface area contributed by atoms with Gasteiger partial charge in [0.25, 0.3) is 0 Å². The highest BCUT2D eigenvalue weighted by Crippen LogP contribution is 2.27. The third-order valence-corrected chi connectivity index (χ3v) is 3.25. The van der Waals surface area contributed by atoms with E-state index in [9.17, 15) is 13.6 Å². The van der Waals surface area contributed by atoms with Gasteiger partial charge in [-0.15, -0.1) is 0 Å². The molecule has 98 valence electrons. The maximum absolute atomic E-state index is 12.2. The van der Waals surface area contributed by atoms with E-state index in [0.717, 1.165) is 5.56 Å². The van der Waals surface area contributed by atoms with Crippen molar-refractivity contribution in [1.29, 1.82) is 0 Å². The number of aliphatic carboxylic acids is 1. The molecule has 0 bridgehead atoms. The number of carbonyl (C=O) groups is 1. The molecule has 1 fully saturated rings. The summed E-state index contributed by atoms with van der Waals surface area (Å²) in [5, 5.41) is 12.0. The summed E-state index contributed by atoms with van der Waals surface area (Å²) in [5.74, 6) is -1.16. The second-order valence-corrected chi connectivity index (χ2v) is 4.57. The molecule has 1 heterocycles. The van der Waals surface area contributed by atoms with Gasteiger partial charge < -0.3 is 10.4 Å². The van der Waals surface area contributed by atoms with Crippen molar-refractivity contribution >= 4 is 5.97 Å². The first kappa shape index (κ1) is 13.0. The normalized spacial score (nSPS) is 23.5. The fourth-order valence-electron chi connectivity index (χ4n) is 2.24. The molecule has 2 rings (SSSR count). The summed E-state index contributed by atoms with van der Waals surface area (Å²) in [6, 6.07) is 6.94. The fourth-order valence-corrected chi connectivity index (χ4v) is 2.24. The van der Waals surface area contributed by atoms with Crippen molar-refractivity contribution in [1.82, 2.24) is 5.32 Å². The van der Waals surface area contributed by atoms with E-state index in [1.165, 1.54) is 0 Å². The van der Waals surface area contributed by atoms with E-state index in [4.69, 9.17) is 5.11 Å². The summed E-state index contributed by atoms with van der Waals surface area (Å²) < 4.78 is 24.4. The van der Waals surface area contributed by atoms with Crippen molar-refractivity contribution in [3.8, 4) is 0 Å².